The third kappa shape index (κ3) is 2.23. The number of hydrogen-bond donors (Lipinski definition) is 1. The second-order valence-corrected chi connectivity index (χ2v) is 4.24. The summed E-state index contributed by atoms with van der Waals surface area (Å²) < 4.78 is 34.4. The number of alkyl halides is 2. The molecule has 3 rings (SSSR count). The van der Waals surface area contributed by atoms with E-state index in [-0.39, 0.29) is 11.5 Å². The second kappa shape index (κ2) is 4.12. The van der Waals surface area contributed by atoms with Crippen LogP contribution in [0.2, 0.25) is 0 Å². The van der Waals surface area contributed by atoms with Crippen LogP contribution in [0.3, 0.4) is 0 Å². The van der Waals surface area contributed by atoms with E-state index in [1.165, 1.54) is 12.1 Å². The normalized spacial score (nSPS) is 20.4. The van der Waals surface area contributed by atoms with Gasteiger partial charge in [-0.1, -0.05) is 0 Å². The summed E-state index contributed by atoms with van der Waals surface area (Å²) in [4.78, 5) is 4.33. The van der Waals surface area contributed by atoms with Crippen molar-refractivity contribution in [1.29, 1.82) is 0 Å². The van der Waals surface area contributed by atoms with Crippen molar-refractivity contribution in [2.24, 2.45) is 4.99 Å². The van der Waals surface area contributed by atoms with Gasteiger partial charge in [0.1, 0.15) is 5.84 Å². The van der Waals surface area contributed by atoms with E-state index >= 15 is 0 Å². The van der Waals surface area contributed by atoms with Crippen molar-refractivity contribution in [3.05, 3.63) is 18.2 Å². The van der Waals surface area contributed by atoms with Crippen molar-refractivity contribution in [2.75, 3.05) is 11.9 Å². The minimum atomic E-state index is -3.57. The van der Waals surface area contributed by atoms with Crippen LogP contribution < -0.4 is 14.8 Å². The molecular formula is C12H12F2N2O2. The van der Waals surface area contributed by atoms with Gasteiger partial charge in [-0.2, -0.15) is 0 Å². The molecule has 2 heterocycles. The fourth-order valence-corrected chi connectivity index (χ4v) is 1.99. The van der Waals surface area contributed by atoms with Gasteiger partial charge in [0.15, 0.2) is 11.5 Å². The SMILES string of the molecule is FC1(F)Oc2ccc(NC3=NCCCC3)cc2O1. The Balaban J connectivity index is 1.78. The zero-order chi connectivity index (χ0) is 12.6. The van der Waals surface area contributed by atoms with Crippen LogP contribution in [0.15, 0.2) is 23.2 Å². The first kappa shape index (κ1) is 11.3. The number of hydrogen-bond acceptors (Lipinski definition) is 4. The van der Waals surface area contributed by atoms with Gasteiger partial charge in [0, 0.05) is 24.7 Å². The number of nitrogens with one attached hydrogen (secondary N) is 1. The molecule has 0 bridgehead atoms. The Hall–Kier alpha value is -1.85. The molecule has 4 nitrogen and oxygen atoms in total. The molecule has 2 aliphatic rings. The maximum Gasteiger partial charge on any atom is 0.586 e. The van der Waals surface area contributed by atoms with E-state index in [4.69, 9.17) is 0 Å². The summed E-state index contributed by atoms with van der Waals surface area (Å²) in [5.74, 6) is 0.976. The van der Waals surface area contributed by atoms with Crippen LogP contribution in [0.4, 0.5) is 14.5 Å². The van der Waals surface area contributed by atoms with E-state index < -0.39 is 6.29 Å². The summed E-state index contributed by atoms with van der Waals surface area (Å²) in [7, 11) is 0. The summed E-state index contributed by atoms with van der Waals surface area (Å²) in [5, 5.41) is 3.11. The van der Waals surface area contributed by atoms with Gasteiger partial charge in [-0.25, -0.2) is 0 Å². The van der Waals surface area contributed by atoms with E-state index in [2.05, 4.69) is 19.8 Å². The molecule has 0 amide bonds. The predicted molar refractivity (Wildman–Crippen MR) is 62.4 cm³/mol. The first-order chi connectivity index (χ1) is 8.62. The molecule has 0 unspecified atom stereocenters. The molecule has 0 fully saturated rings. The first-order valence-electron chi connectivity index (χ1n) is 5.83. The Kier molecular flexibility index (Phi) is 2.57. The number of halogens is 2. The molecule has 6 heteroatoms. The van der Waals surface area contributed by atoms with Crippen molar-refractivity contribution in [3.8, 4) is 11.5 Å². The van der Waals surface area contributed by atoms with Gasteiger partial charge in [0.2, 0.25) is 0 Å². The van der Waals surface area contributed by atoms with Gasteiger partial charge >= 0.3 is 6.29 Å². The number of benzene rings is 1. The van der Waals surface area contributed by atoms with Gasteiger partial charge in [0.25, 0.3) is 0 Å². The molecule has 2 aliphatic heterocycles. The molecule has 0 radical (unpaired) electrons. The first-order valence-corrected chi connectivity index (χ1v) is 5.83. The predicted octanol–water partition coefficient (Wildman–Crippen LogP) is 3.00. The third-order valence-electron chi connectivity index (χ3n) is 2.81. The molecule has 1 N–H and O–H groups in total. The van der Waals surface area contributed by atoms with Crippen molar-refractivity contribution in [3.63, 3.8) is 0 Å². The summed E-state index contributed by atoms with van der Waals surface area (Å²) in [5.41, 5.74) is 0.677. The van der Waals surface area contributed by atoms with Crippen LogP contribution >= 0.6 is 0 Å². The molecule has 18 heavy (non-hydrogen) atoms. The smallest absolute Gasteiger partial charge is 0.395 e. The van der Waals surface area contributed by atoms with E-state index in [1.807, 2.05) is 0 Å². The number of amidine groups is 1. The van der Waals surface area contributed by atoms with Crippen LogP contribution in [0.25, 0.3) is 0 Å². The highest BCUT2D eigenvalue weighted by Crippen LogP contribution is 2.42. The molecular weight excluding hydrogens is 242 g/mol. The van der Waals surface area contributed by atoms with E-state index in [1.54, 1.807) is 6.07 Å². The van der Waals surface area contributed by atoms with Crippen molar-refractivity contribution in [2.45, 2.75) is 25.6 Å². The summed E-state index contributed by atoms with van der Waals surface area (Å²) in [6.07, 6.45) is -0.499. The zero-order valence-corrected chi connectivity index (χ0v) is 9.58. The molecule has 0 saturated heterocycles. The quantitative estimate of drug-likeness (QED) is 0.837. The maximum atomic E-state index is 12.8. The number of rotatable bonds is 1. The Morgan fingerprint density at radius 3 is 2.78 bits per heavy atom. The number of anilines is 1. The fraction of sp³-hybridized carbons (Fsp3) is 0.417. The fourth-order valence-electron chi connectivity index (χ4n) is 1.99. The number of ether oxygens (including phenoxy) is 2. The van der Waals surface area contributed by atoms with Crippen LogP contribution in [0.5, 0.6) is 11.5 Å². The largest absolute Gasteiger partial charge is 0.586 e. The number of nitrogens with zero attached hydrogens (tertiary/aromatic N) is 1. The van der Waals surface area contributed by atoms with Crippen LogP contribution in [0.1, 0.15) is 19.3 Å². The van der Waals surface area contributed by atoms with E-state index in [9.17, 15) is 8.78 Å². The standard InChI is InChI=1S/C12H12F2N2O2/c13-12(14)17-9-5-4-8(7-10(9)18-12)16-11-3-1-2-6-15-11/h4-5,7H,1-3,6H2,(H,15,16). The Labute approximate surface area is 103 Å². The highest BCUT2D eigenvalue weighted by Gasteiger charge is 2.43. The second-order valence-electron chi connectivity index (χ2n) is 4.24. The molecule has 0 aromatic heterocycles. The van der Waals surface area contributed by atoms with Gasteiger partial charge in [-0.15, -0.1) is 8.78 Å². The summed E-state index contributed by atoms with van der Waals surface area (Å²) in [6.45, 7) is 0.810. The van der Waals surface area contributed by atoms with Crippen LogP contribution in [-0.2, 0) is 0 Å². The van der Waals surface area contributed by atoms with Crippen LogP contribution in [0, 0.1) is 0 Å². The maximum absolute atomic E-state index is 12.8. The lowest BCUT2D eigenvalue weighted by atomic mass is 10.1. The Morgan fingerprint density at radius 1 is 1.17 bits per heavy atom. The van der Waals surface area contributed by atoms with E-state index in [0.717, 1.165) is 31.6 Å². The Morgan fingerprint density at radius 2 is 2.00 bits per heavy atom. The molecule has 0 atom stereocenters. The van der Waals surface area contributed by atoms with Gasteiger partial charge < -0.3 is 14.8 Å². The zero-order valence-electron chi connectivity index (χ0n) is 9.58. The lowest BCUT2D eigenvalue weighted by Gasteiger charge is -2.13. The van der Waals surface area contributed by atoms with Gasteiger partial charge in [-0.3, -0.25) is 4.99 Å². The van der Waals surface area contributed by atoms with Gasteiger partial charge in [0.05, 0.1) is 0 Å². The molecule has 0 aliphatic carbocycles. The summed E-state index contributed by atoms with van der Waals surface area (Å²) in [6, 6.07) is 4.62. The highest BCUT2D eigenvalue weighted by molar-refractivity contribution is 5.96. The Bertz CT molecular complexity index is 503. The monoisotopic (exact) mass is 254 g/mol. The van der Waals surface area contributed by atoms with Crippen LogP contribution in [-0.4, -0.2) is 18.7 Å². The van der Waals surface area contributed by atoms with Crippen molar-refractivity contribution < 1.29 is 18.3 Å². The average molecular weight is 254 g/mol. The minimum absolute atomic E-state index is 0.0430. The molecule has 96 valence electrons. The minimum Gasteiger partial charge on any atom is -0.395 e. The average Bonchev–Trinajstić information content (AvgIpc) is 2.63. The third-order valence-corrected chi connectivity index (χ3v) is 2.81. The molecule has 0 spiro atoms. The van der Waals surface area contributed by atoms with Crippen molar-refractivity contribution >= 4 is 11.5 Å². The lowest BCUT2D eigenvalue weighted by Crippen LogP contribution is -2.25. The van der Waals surface area contributed by atoms with Crippen molar-refractivity contribution in [1.82, 2.24) is 0 Å². The summed E-state index contributed by atoms with van der Waals surface area (Å²) >= 11 is 0. The van der Waals surface area contributed by atoms with E-state index in [0.29, 0.717) is 5.69 Å². The molecule has 1 aromatic rings. The number of aliphatic imine (C=N–C) groups is 1. The molecule has 0 saturated carbocycles. The molecule has 1 aromatic carbocycles. The highest BCUT2D eigenvalue weighted by atomic mass is 19.3. The van der Waals surface area contributed by atoms with Gasteiger partial charge in [-0.05, 0) is 25.0 Å². The topological polar surface area (TPSA) is 42.8 Å². The lowest BCUT2D eigenvalue weighted by molar-refractivity contribution is -0.286. The number of fused-ring (bicyclic) bond motifs is 1.